The van der Waals surface area contributed by atoms with E-state index in [1.54, 1.807) is 0 Å². The van der Waals surface area contributed by atoms with Gasteiger partial charge in [-0.1, -0.05) is 18.6 Å². The van der Waals surface area contributed by atoms with Crippen LogP contribution in [0, 0.1) is 0 Å². The molecule has 0 aromatic heterocycles. The van der Waals surface area contributed by atoms with Crippen molar-refractivity contribution in [2.45, 2.75) is 48.3 Å². The van der Waals surface area contributed by atoms with Gasteiger partial charge < -0.3 is 5.32 Å². The second kappa shape index (κ2) is 4.80. The van der Waals surface area contributed by atoms with Crippen LogP contribution in [0.3, 0.4) is 0 Å². The summed E-state index contributed by atoms with van der Waals surface area (Å²) < 4.78 is 0. The van der Waals surface area contributed by atoms with Gasteiger partial charge in [-0.15, -0.1) is 11.8 Å². The summed E-state index contributed by atoms with van der Waals surface area (Å²) in [5.41, 5.74) is 1.47. The van der Waals surface area contributed by atoms with Crippen LogP contribution in [0.5, 0.6) is 0 Å². The van der Waals surface area contributed by atoms with E-state index in [1.807, 2.05) is 11.8 Å². The lowest BCUT2D eigenvalue weighted by Gasteiger charge is -2.23. The molecule has 1 N–H and O–H groups in total. The minimum absolute atomic E-state index is 0.605. The first kappa shape index (κ1) is 10.7. The molecule has 1 aromatic carbocycles. The molecule has 1 nitrogen and oxygen atoms in total. The van der Waals surface area contributed by atoms with Gasteiger partial charge in [0.05, 0.1) is 0 Å². The number of thioether (sulfide) groups is 1. The Morgan fingerprint density at radius 3 is 2.44 bits per heavy atom. The molecule has 86 valence electrons. The summed E-state index contributed by atoms with van der Waals surface area (Å²) in [5, 5.41) is 4.52. The fourth-order valence-corrected chi connectivity index (χ4v) is 3.34. The van der Waals surface area contributed by atoms with Gasteiger partial charge in [0.15, 0.2) is 0 Å². The average molecular weight is 233 g/mol. The number of hydrogen-bond donors (Lipinski definition) is 1. The van der Waals surface area contributed by atoms with Crippen LogP contribution in [-0.2, 0) is 0 Å². The zero-order valence-electron chi connectivity index (χ0n) is 9.61. The van der Waals surface area contributed by atoms with Gasteiger partial charge in [0.2, 0.25) is 0 Å². The monoisotopic (exact) mass is 233 g/mol. The summed E-state index contributed by atoms with van der Waals surface area (Å²) in [4.78, 5) is 1.45. The molecule has 1 heterocycles. The lowest BCUT2D eigenvalue weighted by atomic mass is 9.98. The van der Waals surface area contributed by atoms with Gasteiger partial charge in [0, 0.05) is 16.2 Å². The number of hydrogen-bond acceptors (Lipinski definition) is 2. The molecule has 1 aliphatic heterocycles. The van der Waals surface area contributed by atoms with E-state index in [-0.39, 0.29) is 0 Å². The van der Waals surface area contributed by atoms with Crippen LogP contribution in [0.4, 0.5) is 0 Å². The molecule has 1 saturated heterocycles. The smallest absolute Gasteiger partial charge is 0.0320 e. The van der Waals surface area contributed by atoms with Crippen LogP contribution >= 0.6 is 11.8 Å². The standard InChI is InChI=1S/C14H19NS/c1-2-10-15-14(3-1)11-4-6-12(7-5-11)16-13-8-9-13/h4-7,13-15H,1-3,8-10H2. The molecule has 3 rings (SSSR count). The molecular weight excluding hydrogens is 214 g/mol. The molecule has 1 aliphatic carbocycles. The molecule has 0 radical (unpaired) electrons. The highest BCUT2D eigenvalue weighted by molar-refractivity contribution is 8.00. The molecule has 2 aliphatic rings. The van der Waals surface area contributed by atoms with Crippen LogP contribution in [0.15, 0.2) is 29.2 Å². The molecule has 1 aromatic rings. The van der Waals surface area contributed by atoms with Crippen molar-refractivity contribution in [1.82, 2.24) is 5.32 Å². The van der Waals surface area contributed by atoms with E-state index in [4.69, 9.17) is 0 Å². The van der Waals surface area contributed by atoms with Crippen molar-refractivity contribution in [3.05, 3.63) is 29.8 Å². The largest absolute Gasteiger partial charge is 0.310 e. The molecule has 16 heavy (non-hydrogen) atoms. The second-order valence-electron chi connectivity index (χ2n) is 4.89. The van der Waals surface area contributed by atoms with E-state index >= 15 is 0 Å². The quantitative estimate of drug-likeness (QED) is 0.853. The van der Waals surface area contributed by atoms with Gasteiger partial charge in [-0.3, -0.25) is 0 Å². The van der Waals surface area contributed by atoms with Crippen LogP contribution in [0.2, 0.25) is 0 Å². The van der Waals surface area contributed by atoms with Crippen LogP contribution in [0.25, 0.3) is 0 Å². The zero-order valence-corrected chi connectivity index (χ0v) is 10.4. The minimum Gasteiger partial charge on any atom is -0.310 e. The zero-order chi connectivity index (χ0) is 10.8. The van der Waals surface area contributed by atoms with Gasteiger partial charge in [-0.05, 0) is 49.9 Å². The predicted octanol–water partition coefficient (Wildman–Crippen LogP) is 3.76. The SMILES string of the molecule is c1cc(C2CCCCN2)ccc1SC1CC1. The van der Waals surface area contributed by atoms with Gasteiger partial charge in [0.1, 0.15) is 0 Å². The van der Waals surface area contributed by atoms with E-state index < -0.39 is 0 Å². The first-order chi connectivity index (χ1) is 7.92. The topological polar surface area (TPSA) is 12.0 Å². The fourth-order valence-electron chi connectivity index (χ4n) is 2.29. The number of nitrogens with one attached hydrogen (secondary N) is 1. The molecule has 1 atom stereocenters. The van der Waals surface area contributed by atoms with Crippen LogP contribution in [-0.4, -0.2) is 11.8 Å². The Bertz CT molecular complexity index is 336. The van der Waals surface area contributed by atoms with Gasteiger partial charge >= 0.3 is 0 Å². The highest BCUT2D eigenvalue weighted by Crippen LogP contribution is 2.39. The van der Waals surface area contributed by atoms with Gasteiger partial charge in [-0.25, -0.2) is 0 Å². The van der Waals surface area contributed by atoms with Gasteiger partial charge in [0.25, 0.3) is 0 Å². The maximum Gasteiger partial charge on any atom is 0.0320 e. The summed E-state index contributed by atoms with van der Waals surface area (Å²) in [6, 6.07) is 9.83. The summed E-state index contributed by atoms with van der Waals surface area (Å²) in [7, 11) is 0. The van der Waals surface area contributed by atoms with Crippen LogP contribution in [0.1, 0.15) is 43.7 Å². The highest BCUT2D eigenvalue weighted by atomic mass is 32.2. The molecule has 0 bridgehead atoms. The molecule has 2 heteroatoms. The Kier molecular flexibility index (Phi) is 3.20. The van der Waals surface area contributed by atoms with Crippen molar-refractivity contribution < 1.29 is 0 Å². The molecule has 1 unspecified atom stereocenters. The first-order valence-corrected chi connectivity index (χ1v) is 7.30. The summed E-state index contributed by atoms with van der Waals surface area (Å²) in [5.74, 6) is 0. The Hall–Kier alpha value is -0.470. The highest BCUT2D eigenvalue weighted by Gasteiger charge is 2.22. The van der Waals surface area contributed by atoms with Crippen molar-refractivity contribution in [2.75, 3.05) is 6.54 Å². The molecule has 1 saturated carbocycles. The minimum atomic E-state index is 0.605. The molecule has 0 spiro atoms. The van der Waals surface area contributed by atoms with E-state index in [9.17, 15) is 0 Å². The van der Waals surface area contributed by atoms with E-state index in [2.05, 4.69) is 29.6 Å². The van der Waals surface area contributed by atoms with Crippen molar-refractivity contribution in [2.24, 2.45) is 0 Å². The Balaban J connectivity index is 1.65. The van der Waals surface area contributed by atoms with Crippen LogP contribution < -0.4 is 5.32 Å². The Labute approximate surface area is 102 Å². The molecule has 2 fully saturated rings. The average Bonchev–Trinajstić information content (AvgIpc) is 3.15. The Morgan fingerprint density at radius 1 is 1.00 bits per heavy atom. The fraction of sp³-hybridized carbons (Fsp3) is 0.571. The first-order valence-electron chi connectivity index (χ1n) is 6.42. The van der Waals surface area contributed by atoms with Gasteiger partial charge in [-0.2, -0.15) is 0 Å². The normalized spacial score (nSPS) is 25.6. The van der Waals surface area contributed by atoms with Crippen molar-refractivity contribution in [3.8, 4) is 0 Å². The lowest BCUT2D eigenvalue weighted by molar-refractivity contribution is 0.412. The summed E-state index contributed by atoms with van der Waals surface area (Å²) in [6.07, 6.45) is 6.84. The maximum atomic E-state index is 3.60. The second-order valence-corrected chi connectivity index (χ2v) is 6.26. The number of benzene rings is 1. The third-order valence-electron chi connectivity index (χ3n) is 3.42. The predicted molar refractivity (Wildman–Crippen MR) is 69.9 cm³/mol. The summed E-state index contributed by atoms with van der Waals surface area (Å²) in [6.45, 7) is 1.18. The van der Waals surface area contributed by atoms with E-state index in [0.717, 1.165) is 5.25 Å². The molecule has 0 amide bonds. The van der Waals surface area contributed by atoms with E-state index in [1.165, 1.54) is 49.1 Å². The van der Waals surface area contributed by atoms with Crippen molar-refractivity contribution in [3.63, 3.8) is 0 Å². The summed E-state index contributed by atoms with van der Waals surface area (Å²) >= 11 is 2.04. The number of rotatable bonds is 3. The maximum absolute atomic E-state index is 3.60. The lowest BCUT2D eigenvalue weighted by Crippen LogP contribution is -2.26. The van der Waals surface area contributed by atoms with Crippen molar-refractivity contribution in [1.29, 1.82) is 0 Å². The number of piperidine rings is 1. The van der Waals surface area contributed by atoms with E-state index in [0.29, 0.717) is 6.04 Å². The van der Waals surface area contributed by atoms with Crippen molar-refractivity contribution >= 4 is 11.8 Å². The third-order valence-corrected chi connectivity index (χ3v) is 4.77. The molecular formula is C14H19NS. The third kappa shape index (κ3) is 2.61. The Morgan fingerprint density at radius 2 is 1.81 bits per heavy atom.